The predicted octanol–water partition coefficient (Wildman–Crippen LogP) is 0.817. The van der Waals surface area contributed by atoms with Crippen molar-refractivity contribution in [3.63, 3.8) is 0 Å². The zero-order chi connectivity index (χ0) is 15.3. The van der Waals surface area contributed by atoms with E-state index in [0.29, 0.717) is 5.82 Å². The minimum absolute atomic E-state index is 0.0503. The summed E-state index contributed by atoms with van der Waals surface area (Å²) in [6, 6.07) is 5.10. The smallest absolute Gasteiger partial charge is 0.244 e. The van der Waals surface area contributed by atoms with Crippen molar-refractivity contribution in [2.24, 2.45) is 0 Å². The molecule has 0 saturated carbocycles. The van der Waals surface area contributed by atoms with E-state index in [2.05, 4.69) is 10.3 Å². The minimum Gasteiger partial charge on any atom is -0.370 e. The Balaban J connectivity index is 2.13. The van der Waals surface area contributed by atoms with Gasteiger partial charge in [0.15, 0.2) is 6.10 Å². The molecule has 2 heterocycles. The van der Waals surface area contributed by atoms with E-state index in [9.17, 15) is 8.42 Å². The van der Waals surface area contributed by atoms with Gasteiger partial charge in [-0.05, 0) is 18.6 Å². The number of hydrogen-bond donors (Lipinski definition) is 1. The van der Waals surface area contributed by atoms with E-state index in [1.54, 1.807) is 6.07 Å². The topological polar surface area (TPSA) is 95.3 Å². The lowest BCUT2D eigenvalue weighted by atomic mass is 10.3. The van der Waals surface area contributed by atoms with Crippen molar-refractivity contribution in [1.82, 2.24) is 9.29 Å². The molecule has 0 bridgehead atoms. The lowest BCUT2D eigenvalue weighted by Gasteiger charge is -2.28. The number of ether oxygens (including phenoxy) is 1. The molecule has 1 aromatic heterocycles. The molecular formula is C13H18N4O3S. The third-order valence-corrected chi connectivity index (χ3v) is 4.95. The van der Waals surface area contributed by atoms with Crippen LogP contribution in [0.4, 0.5) is 5.82 Å². The molecule has 8 heteroatoms. The number of pyridine rings is 1. The molecule has 7 nitrogen and oxygen atoms in total. The molecule has 0 amide bonds. The fourth-order valence-electron chi connectivity index (χ4n) is 1.96. The third kappa shape index (κ3) is 3.69. The van der Waals surface area contributed by atoms with Crippen molar-refractivity contribution in [3.8, 4) is 6.07 Å². The van der Waals surface area contributed by atoms with Gasteiger partial charge in [-0.3, -0.25) is 0 Å². The van der Waals surface area contributed by atoms with Gasteiger partial charge >= 0.3 is 0 Å². The van der Waals surface area contributed by atoms with Gasteiger partial charge in [-0.15, -0.1) is 0 Å². The Hall–Kier alpha value is -1.69. The molecular weight excluding hydrogens is 292 g/mol. The maximum absolute atomic E-state index is 12.5. The maximum Gasteiger partial charge on any atom is 0.244 e. The fraction of sp³-hybridized carbons (Fsp3) is 0.538. The Bertz CT molecular complexity index is 609. The van der Waals surface area contributed by atoms with Crippen LogP contribution >= 0.6 is 0 Å². The summed E-state index contributed by atoms with van der Waals surface area (Å²) < 4.78 is 31.4. The van der Waals surface area contributed by atoms with Crippen molar-refractivity contribution < 1.29 is 13.2 Å². The summed E-state index contributed by atoms with van der Waals surface area (Å²) in [4.78, 5) is 4.23. The van der Waals surface area contributed by atoms with Crippen LogP contribution in [0.15, 0.2) is 23.2 Å². The first-order valence-electron chi connectivity index (χ1n) is 6.79. The lowest BCUT2D eigenvalue weighted by Crippen LogP contribution is -2.45. The SMILES string of the molecule is CCCNc1ccc(S(=O)(=O)N2CCOC(C#N)C2)cn1. The minimum atomic E-state index is -3.63. The first-order chi connectivity index (χ1) is 10.1. The van der Waals surface area contributed by atoms with E-state index in [-0.39, 0.29) is 24.6 Å². The number of nitriles is 1. The Kier molecular flexibility index (Phi) is 5.12. The van der Waals surface area contributed by atoms with Crippen molar-refractivity contribution in [3.05, 3.63) is 18.3 Å². The van der Waals surface area contributed by atoms with Crippen molar-refractivity contribution in [2.75, 3.05) is 31.6 Å². The number of sulfonamides is 1. The molecule has 1 aliphatic rings. The van der Waals surface area contributed by atoms with Crippen LogP contribution in [0.25, 0.3) is 0 Å². The van der Waals surface area contributed by atoms with E-state index in [1.807, 2.05) is 13.0 Å². The van der Waals surface area contributed by atoms with E-state index < -0.39 is 16.1 Å². The molecule has 1 aromatic rings. The molecule has 0 aromatic carbocycles. The number of nitrogens with one attached hydrogen (secondary N) is 1. The van der Waals surface area contributed by atoms with E-state index in [0.717, 1.165) is 13.0 Å². The highest BCUT2D eigenvalue weighted by molar-refractivity contribution is 7.89. The zero-order valence-electron chi connectivity index (χ0n) is 11.8. The first kappa shape index (κ1) is 15.7. The van der Waals surface area contributed by atoms with Crippen LogP contribution in [0.2, 0.25) is 0 Å². The normalized spacial score (nSPS) is 19.9. The van der Waals surface area contributed by atoms with Gasteiger partial charge in [0.05, 0.1) is 19.2 Å². The van der Waals surface area contributed by atoms with Gasteiger partial charge in [-0.25, -0.2) is 13.4 Å². The molecule has 1 aliphatic heterocycles. The molecule has 1 N–H and O–H groups in total. The number of nitrogens with zero attached hydrogens (tertiary/aromatic N) is 3. The molecule has 1 unspecified atom stereocenters. The van der Waals surface area contributed by atoms with Gasteiger partial charge < -0.3 is 10.1 Å². The molecule has 114 valence electrons. The summed E-state index contributed by atoms with van der Waals surface area (Å²) in [5, 5.41) is 11.9. The molecule has 0 aliphatic carbocycles. The van der Waals surface area contributed by atoms with Crippen LogP contribution in [0, 0.1) is 11.3 Å². The molecule has 1 atom stereocenters. The fourth-order valence-corrected chi connectivity index (χ4v) is 3.33. The summed E-state index contributed by atoms with van der Waals surface area (Å²) in [6.45, 7) is 3.34. The standard InChI is InChI=1S/C13H18N4O3S/c1-2-5-15-13-4-3-12(9-16-13)21(18,19)17-6-7-20-11(8-14)10-17/h3-4,9,11H,2,5-7,10H2,1H3,(H,15,16). The second-order valence-electron chi connectivity index (χ2n) is 4.66. The van der Waals surface area contributed by atoms with Gasteiger partial charge in [0, 0.05) is 19.3 Å². The number of rotatable bonds is 5. The highest BCUT2D eigenvalue weighted by atomic mass is 32.2. The molecule has 0 spiro atoms. The van der Waals surface area contributed by atoms with Gasteiger partial charge in [-0.1, -0.05) is 6.92 Å². The third-order valence-electron chi connectivity index (χ3n) is 3.10. The Morgan fingerprint density at radius 1 is 1.57 bits per heavy atom. The monoisotopic (exact) mass is 310 g/mol. The predicted molar refractivity (Wildman–Crippen MR) is 77.1 cm³/mol. The van der Waals surface area contributed by atoms with Crippen molar-refractivity contribution in [1.29, 1.82) is 5.26 Å². The van der Waals surface area contributed by atoms with Crippen LogP contribution in [-0.4, -0.2) is 50.1 Å². The molecule has 1 fully saturated rings. The van der Waals surface area contributed by atoms with Crippen LogP contribution < -0.4 is 5.32 Å². The molecule has 0 radical (unpaired) electrons. The number of aromatic nitrogens is 1. The van der Waals surface area contributed by atoms with Crippen LogP contribution in [0.3, 0.4) is 0 Å². The van der Waals surface area contributed by atoms with E-state index in [4.69, 9.17) is 10.00 Å². The molecule has 2 rings (SSSR count). The number of anilines is 1. The van der Waals surface area contributed by atoms with Crippen molar-refractivity contribution >= 4 is 15.8 Å². The van der Waals surface area contributed by atoms with Crippen molar-refractivity contribution in [2.45, 2.75) is 24.3 Å². The average Bonchev–Trinajstić information content (AvgIpc) is 2.53. The van der Waals surface area contributed by atoms with Gasteiger partial charge in [-0.2, -0.15) is 9.57 Å². The largest absolute Gasteiger partial charge is 0.370 e. The van der Waals surface area contributed by atoms with E-state index >= 15 is 0 Å². The quantitative estimate of drug-likeness (QED) is 0.865. The second-order valence-corrected chi connectivity index (χ2v) is 6.60. The number of morpholine rings is 1. The van der Waals surface area contributed by atoms with Gasteiger partial charge in [0.1, 0.15) is 10.7 Å². The van der Waals surface area contributed by atoms with Gasteiger partial charge in [0.25, 0.3) is 0 Å². The Labute approximate surface area is 124 Å². The maximum atomic E-state index is 12.5. The Morgan fingerprint density at radius 2 is 2.38 bits per heavy atom. The van der Waals surface area contributed by atoms with Crippen LogP contribution in [0.1, 0.15) is 13.3 Å². The van der Waals surface area contributed by atoms with Crippen LogP contribution in [-0.2, 0) is 14.8 Å². The summed E-state index contributed by atoms with van der Waals surface area (Å²) in [5.41, 5.74) is 0. The molecule has 21 heavy (non-hydrogen) atoms. The summed E-state index contributed by atoms with van der Waals surface area (Å²) >= 11 is 0. The van der Waals surface area contributed by atoms with Gasteiger partial charge in [0.2, 0.25) is 10.0 Å². The highest BCUT2D eigenvalue weighted by Gasteiger charge is 2.30. The van der Waals surface area contributed by atoms with E-state index in [1.165, 1.54) is 16.6 Å². The molecule has 1 saturated heterocycles. The lowest BCUT2D eigenvalue weighted by molar-refractivity contribution is 0.0311. The highest BCUT2D eigenvalue weighted by Crippen LogP contribution is 2.19. The first-order valence-corrected chi connectivity index (χ1v) is 8.23. The zero-order valence-corrected chi connectivity index (χ0v) is 12.6. The second kappa shape index (κ2) is 6.85. The summed E-state index contributed by atoms with van der Waals surface area (Å²) in [5.74, 6) is 0.646. The summed E-state index contributed by atoms with van der Waals surface area (Å²) in [6.07, 6.45) is 1.59. The Morgan fingerprint density at radius 3 is 3.00 bits per heavy atom. The van der Waals surface area contributed by atoms with Crippen LogP contribution in [0.5, 0.6) is 0 Å². The number of hydrogen-bond acceptors (Lipinski definition) is 6. The average molecular weight is 310 g/mol. The summed E-state index contributed by atoms with van der Waals surface area (Å²) in [7, 11) is -3.63.